The van der Waals surface area contributed by atoms with Crippen molar-refractivity contribution in [1.29, 1.82) is 0 Å². The molecule has 1 atom stereocenters. The molecule has 1 unspecified atom stereocenters. The molecule has 0 radical (unpaired) electrons. The maximum absolute atomic E-state index is 11.5. The first-order valence-corrected chi connectivity index (χ1v) is 9.90. The average Bonchev–Trinajstić information content (AvgIpc) is 3.04. The van der Waals surface area contributed by atoms with Crippen molar-refractivity contribution in [2.24, 2.45) is 0 Å². The molecular formula is C21H24ClNO3S. The van der Waals surface area contributed by atoms with Crippen LogP contribution in [0.2, 0.25) is 0 Å². The van der Waals surface area contributed by atoms with E-state index >= 15 is 0 Å². The first-order valence-electron chi connectivity index (χ1n) is 9.02. The molecule has 0 spiro atoms. The minimum absolute atomic E-state index is 0. The van der Waals surface area contributed by atoms with E-state index < -0.39 is 11.9 Å². The molecule has 27 heavy (non-hydrogen) atoms. The van der Waals surface area contributed by atoms with Gasteiger partial charge in [0, 0.05) is 34.7 Å². The Balaban J connectivity index is 0.00000210. The predicted molar refractivity (Wildman–Crippen MR) is 111 cm³/mol. The maximum atomic E-state index is 11.5. The molecule has 0 saturated carbocycles. The summed E-state index contributed by atoms with van der Waals surface area (Å²) in [6.45, 7) is 4.42. The summed E-state index contributed by atoms with van der Waals surface area (Å²) in [5.41, 5.74) is 5.83. The Morgan fingerprint density at radius 1 is 1.26 bits per heavy atom. The molecule has 144 valence electrons. The lowest BCUT2D eigenvalue weighted by molar-refractivity contribution is -0.138. The number of nitrogens with zero attached hydrogens (tertiary/aromatic N) is 1. The number of aliphatic carboxylic acids is 1. The van der Waals surface area contributed by atoms with Gasteiger partial charge in [-0.2, -0.15) is 0 Å². The Kier molecular flexibility index (Phi) is 5.94. The summed E-state index contributed by atoms with van der Waals surface area (Å²) in [5, 5.41) is 11.5. The van der Waals surface area contributed by atoms with E-state index in [0.29, 0.717) is 6.61 Å². The number of hydrogen-bond acceptors (Lipinski definition) is 4. The summed E-state index contributed by atoms with van der Waals surface area (Å²) < 4.78 is 6.09. The predicted octanol–water partition coefficient (Wildman–Crippen LogP) is 4.78. The van der Waals surface area contributed by atoms with Crippen LogP contribution in [0.3, 0.4) is 0 Å². The number of likely N-dealkylation sites (tertiary alicyclic amines) is 1. The number of carbonyl (C=O) groups is 1. The molecule has 6 heteroatoms. The van der Waals surface area contributed by atoms with E-state index in [-0.39, 0.29) is 12.4 Å². The normalized spacial score (nSPS) is 17.9. The van der Waals surface area contributed by atoms with Gasteiger partial charge in [0.25, 0.3) is 0 Å². The molecule has 1 saturated heterocycles. The second-order valence-electron chi connectivity index (χ2n) is 7.16. The van der Waals surface area contributed by atoms with Gasteiger partial charge in [0.1, 0.15) is 12.4 Å². The van der Waals surface area contributed by atoms with E-state index in [2.05, 4.69) is 23.4 Å². The third-order valence-corrected chi connectivity index (χ3v) is 6.42. The Hall–Kier alpha value is -1.82. The summed E-state index contributed by atoms with van der Waals surface area (Å²) in [7, 11) is 2.16. The van der Waals surface area contributed by atoms with Gasteiger partial charge in [-0.05, 0) is 56.0 Å². The van der Waals surface area contributed by atoms with Crippen LogP contribution in [0.15, 0.2) is 35.2 Å². The van der Waals surface area contributed by atoms with Crippen LogP contribution in [-0.2, 0) is 11.4 Å². The Bertz CT molecular complexity index is 879. The van der Waals surface area contributed by atoms with Gasteiger partial charge >= 0.3 is 5.97 Å². The van der Waals surface area contributed by atoms with Crippen LogP contribution in [-0.4, -0.2) is 36.1 Å². The molecule has 4 rings (SSSR count). The second-order valence-corrected chi connectivity index (χ2v) is 8.08. The molecule has 4 nitrogen and oxygen atoms in total. The van der Waals surface area contributed by atoms with Crippen molar-refractivity contribution in [1.82, 2.24) is 4.90 Å². The van der Waals surface area contributed by atoms with Crippen molar-refractivity contribution in [2.75, 3.05) is 20.1 Å². The molecular weight excluding hydrogens is 382 g/mol. The highest BCUT2D eigenvalue weighted by Crippen LogP contribution is 2.44. The fourth-order valence-electron chi connectivity index (χ4n) is 3.72. The first kappa shape index (κ1) is 19.9. The number of rotatable bonds is 2. The van der Waals surface area contributed by atoms with Gasteiger partial charge in [0.15, 0.2) is 0 Å². The van der Waals surface area contributed by atoms with E-state index in [4.69, 9.17) is 4.74 Å². The lowest BCUT2D eigenvalue weighted by Crippen LogP contribution is -2.26. The van der Waals surface area contributed by atoms with Crippen LogP contribution in [0.5, 0.6) is 5.75 Å². The van der Waals surface area contributed by atoms with E-state index in [9.17, 15) is 9.90 Å². The molecule has 2 aromatic rings. The van der Waals surface area contributed by atoms with E-state index in [1.807, 2.05) is 18.2 Å². The van der Waals surface area contributed by atoms with Crippen LogP contribution in [0.4, 0.5) is 0 Å². The quantitative estimate of drug-likeness (QED) is 0.781. The maximum Gasteiger partial charge on any atom is 0.310 e. The third kappa shape index (κ3) is 3.77. The number of piperidine rings is 1. The monoisotopic (exact) mass is 405 g/mol. The van der Waals surface area contributed by atoms with Crippen LogP contribution in [0.1, 0.15) is 47.3 Å². The molecule has 0 bridgehead atoms. The van der Waals surface area contributed by atoms with Gasteiger partial charge in [-0.1, -0.05) is 11.6 Å². The Labute approximate surface area is 169 Å². The number of hydrogen-bond donors (Lipinski definition) is 1. The number of benzene rings is 1. The largest absolute Gasteiger partial charge is 0.488 e. The zero-order valence-electron chi connectivity index (χ0n) is 15.5. The summed E-state index contributed by atoms with van der Waals surface area (Å²) in [5.74, 6) is -0.476. The fraction of sp³-hybridized carbons (Fsp3) is 0.381. The second kappa shape index (κ2) is 8.05. The molecule has 2 aliphatic rings. The molecule has 2 aliphatic heterocycles. The number of fused-ring (bicyclic) bond motifs is 2. The number of carboxylic acids is 1. The highest BCUT2D eigenvalue weighted by atomic mass is 35.5. The van der Waals surface area contributed by atoms with Crippen molar-refractivity contribution in [2.45, 2.75) is 32.3 Å². The molecule has 1 aromatic heterocycles. The summed E-state index contributed by atoms with van der Waals surface area (Å²) in [6, 6.07) is 8.00. The van der Waals surface area contributed by atoms with Gasteiger partial charge in [-0.25, -0.2) is 0 Å². The lowest BCUT2D eigenvalue weighted by atomic mass is 9.88. The van der Waals surface area contributed by atoms with Gasteiger partial charge in [0.05, 0.1) is 5.92 Å². The molecule has 1 N–H and O–H groups in total. The van der Waals surface area contributed by atoms with Crippen molar-refractivity contribution in [3.8, 4) is 5.75 Å². The van der Waals surface area contributed by atoms with Crippen molar-refractivity contribution < 1.29 is 14.6 Å². The number of halogens is 1. The summed E-state index contributed by atoms with van der Waals surface area (Å²) >= 11 is 1.76. The Morgan fingerprint density at radius 3 is 2.70 bits per heavy atom. The van der Waals surface area contributed by atoms with Gasteiger partial charge in [-0.15, -0.1) is 23.7 Å². The molecule has 0 aliphatic carbocycles. The smallest absolute Gasteiger partial charge is 0.310 e. The minimum Gasteiger partial charge on any atom is -0.488 e. The van der Waals surface area contributed by atoms with E-state index in [1.54, 1.807) is 18.3 Å². The van der Waals surface area contributed by atoms with E-state index in [1.165, 1.54) is 21.6 Å². The van der Waals surface area contributed by atoms with E-state index in [0.717, 1.165) is 42.8 Å². The molecule has 3 heterocycles. The van der Waals surface area contributed by atoms with Crippen LogP contribution < -0.4 is 4.74 Å². The number of thiophene rings is 1. The first-order chi connectivity index (χ1) is 12.5. The standard InChI is InChI=1S/C21H23NO3S.ClH/c1-13(21(23)24)15-3-4-18-17(11-15)19(14-5-8-22(2)9-6-14)20-16(12-25-18)7-10-26-20;/h3-4,7,10-11,13H,5-6,8-9,12H2,1-2H3,(H,23,24);1H. The van der Waals surface area contributed by atoms with Crippen molar-refractivity contribution in [3.63, 3.8) is 0 Å². The molecule has 0 amide bonds. The topological polar surface area (TPSA) is 49.8 Å². The fourth-order valence-corrected chi connectivity index (χ4v) is 4.74. The third-order valence-electron chi connectivity index (χ3n) is 5.44. The Morgan fingerprint density at radius 2 is 2.00 bits per heavy atom. The summed E-state index contributed by atoms with van der Waals surface area (Å²) in [4.78, 5) is 15.1. The zero-order chi connectivity index (χ0) is 18.3. The highest BCUT2D eigenvalue weighted by Gasteiger charge is 2.26. The van der Waals surface area contributed by atoms with Crippen molar-refractivity contribution >= 4 is 35.3 Å². The lowest BCUT2D eigenvalue weighted by Gasteiger charge is -2.27. The molecule has 1 aromatic carbocycles. The summed E-state index contributed by atoms with van der Waals surface area (Å²) in [6.07, 6.45) is 2.09. The highest BCUT2D eigenvalue weighted by molar-refractivity contribution is 7.11. The number of ether oxygens (including phenoxy) is 1. The molecule has 1 fully saturated rings. The minimum atomic E-state index is -0.801. The average molecular weight is 406 g/mol. The number of carboxylic acid groups (broad SMARTS) is 1. The van der Waals surface area contributed by atoms with Gasteiger partial charge in [-0.3, -0.25) is 4.79 Å². The zero-order valence-corrected chi connectivity index (χ0v) is 17.2. The van der Waals surface area contributed by atoms with Crippen LogP contribution in [0, 0.1) is 0 Å². The van der Waals surface area contributed by atoms with Crippen LogP contribution in [0.25, 0.3) is 5.57 Å². The van der Waals surface area contributed by atoms with Gasteiger partial charge in [0.2, 0.25) is 0 Å². The van der Waals surface area contributed by atoms with Crippen molar-refractivity contribution in [3.05, 3.63) is 56.8 Å². The van der Waals surface area contributed by atoms with Crippen LogP contribution >= 0.6 is 23.7 Å². The van der Waals surface area contributed by atoms with Gasteiger partial charge < -0.3 is 14.7 Å². The SMILES string of the molecule is CC(C(=O)O)c1ccc2c(c1)C(=C1CCN(C)CC1)c1sccc1CO2.Cl.